The van der Waals surface area contributed by atoms with Crippen molar-refractivity contribution in [2.75, 3.05) is 27.2 Å². The summed E-state index contributed by atoms with van der Waals surface area (Å²) in [6.45, 7) is 2.23. The van der Waals surface area contributed by atoms with Crippen LogP contribution in [0.15, 0.2) is 18.2 Å². The van der Waals surface area contributed by atoms with Crippen LogP contribution in [0.3, 0.4) is 0 Å². The molecule has 0 saturated carbocycles. The number of nitrogens with zero attached hydrogens (tertiary/aromatic N) is 1. The zero-order chi connectivity index (χ0) is 16.2. The fourth-order valence-electron chi connectivity index (χ4n) is 3.85. The Hall–Kier alpha value is -1.55. The SMILES string of the molecule is COc1ccc2c(c1)CCCC2NC(=O)CC1CCN(C)CC1. The first kappa shape index (κ1) is 16.3. The normalized spacial score (nSPS) is 22.4. The predicted molar refractivity (Wildman–Crippen MR) is 91.7 cm³/mol. The highest BCUT2D eigenvalue weighted by Crippen LogP contribution is 2.32. The minimum absolute atomic E-state index is 0.170. The number of likely N-dealkylation sites (tertiary alicyclic amines) is 1. The molecule has 1 aromatic rings. The molecule has 1 fully saturated rings. The maximum atomic E-state index is 12.4. The summed E-state index contributed by atoms with van der Waals surface area (Å²) in [6.07, 6.45) is 6.20. The van der Waals surface area contributed by atoms with Crippen LogP contribution >= 0.6 is 0 Å². The topological polar surface area (TPSA) is 41.6 Å². The summed E-state index contributed by atoms with van der Waals surface area (Å²) in [5.74, 6) is 1.67. The summed E-state index contributed by atoms with van der Waals surface area (Å²) in [5.41, 5.74) is 2.59. The van der Waals surface area contributed by atoms with Crippen molar-refractivity contribution in [3.63, 3.8) is 0 Å². The van der Waals surface area contributed by atoms with Crippen molar-refractivity contribution in [1.29, 1.82) is 0 Å². The molecule has 1 unspecified atom stereocenters. The fraction of sp³-hybridized carbons (Fsp3) is 0.632. The molecule has 0 aromatic heterocycles. The number of ether oxygens (including phenoxy) is 1. The van der Waals surface area contributed by atoms with Gasteiger partial charge in [-0.05, 0) is 81.4 Å². The van der Waals surface area contributed by atoms with E-state index in [-0.39, 0.29) is 11.9 Å². The van der Waals surface area contributed by atoms with Crippen LogP contribution in [0.25, 0.3) is 0 Å². The van der Waals surface area contributed by atoms with E-state index >= 15 is 0 Å². The number of carbonyl (C=O) groups excluding carboxylic acids is 1. The average Bonchev–Trinajstić information content (AvgIpc) is 2.56. The van der Waals surface area contributed by atoms with Gasteiger partial charge in [-0.3, -0.25) is 4.79 Å². The average molecular weight is 316 g/mol. The van der Waals surface area contributed by atoms with Gasteiger partial charge in [0.15, 0.2) is 0 Å². The molecule has 1 saturated heterocycles. The molecular formula is C19H28N2O2. The third-order valence-corrected chi connectivity index (χ3v) is 5.31. The van der Waals surface area contributed by atoms with Gasteiger partial charge in [0.2, 0.25) is 5.91 Å². The van der Waals surface area contributed by atoms with Crippen molar-refractivity contribution in [3.8, 4) is 5.75 Å². The van der Waals surface area contributed by atoms with E-state index in [9.17, 15) is 4.79 Å². The van der Waals surface area contributed by atoms with Gasteiger partial charge in [-0.15, -0.1) is 0 Å². The van der Waals surface area contributed by atoms with Crippen molar-refractivity contribution in [1.82, 2.24) is 10.2 Å². The Morgan fingerprint density at radius 2 is 2.09 bits per heavy atom. The van der Waals surface area contributed by atoms with E-state index in [4.69, 9.17) is 4.74 Å². The van der Waals surface area contributed by atoms with Gasteiger partial charge < -0.3 is 15.0 Å². The van der Waals surface area contributed by atoms with Crippen LogP contribution in [0.2, 0.25) is 0 Å². The molecule has 23 heavy (non-hydrogen) atoms. The molecule has 0 spiro atoms. The summed E-state index contributed by atoms with van der Waals surface area (Å²) in [6, 6.07) is 6.40. The Labute approximate surface area is 139 Å². The molecule has 126 valence electrons. The van der Waals surface area contributed by atoms with Gasteiger partial charge in [-0.1, -0.05) is 6.07 Å². The molecular weight excluding hydrogens is 288 g/mol. The largest absolute Gasteiger partial charge is 0.497 e. The number of rotatable bonds is 4. The van der Waals surface area contributed by atoms with E-state index in [0.29, 0.717) is 12.3 Å². The highest BCUT2D eigenvalue weighted by Gasteiger charge is 2.24. The second kappa shape index (κ2) is 7.35. The minimum atomic E-state index is 0.170. The Morgan fingerprint density at radius 3 is 2.83 bits per heavy atom. The molecule has 1 aliphatic heterocycles. The molecule has 1 aromatic carbocycles. The van der Waals surface area contributed by atoms with Gasteiger partial charge in [0.1, 0.15) is 5.75 Å². The first-order valence-electron chi connectivity index (χ1n) is 8.80. The van der Waals surface area contributed by atoms with Crippen LogP contribution in [0.5, 0.6) is 5.75 Å². The fourth-order valence-corrected chi connectivity index (χ4v) is 3.85. The number of methoxy groups -OCH3 is 1. The summed E-state index contributed by atoms with van der Waals surface area (Å²) in [5, 5.41) is 3.28. The molecule has 1 heterocycles. The lowest BCUT2D eigenvalue weighted by atomic mass is 9.87. The minimum Gasteiger partial charge on any atom is -0.497 e. The monoisotopic (exact) mass is 316 g/mol. The molecule has 3 rings (SSSR count). The van der Waals surface area contributed by atoms with Crippen LogP contribution in [0.4, 0.5) is 0 Å². The van der Waals surface area contributed by atoms with Gasteiger partial charge in [-0.2, -0.15) is 0 Å². The number of hydrogen-bond donors (Lipinski definition) is 1. The highest BCUT2D eigenvalue weighted by atomic mass is 16.5. The van der Waals surface area contributed by atoms with Gasteiger partial charge in [-0.25, -0.2) is 0 Å². The number of nitrogens with one attached hydrogen (secondary N) is 1. The second-order valence-corrected chi connectivity index (χ2v) is 7.03. The standard InChI is InChI=1S/C19H28N2O2/c1-21-10-8-14(9-11-21)12-19(22)20-18-5-3-4-15-13-16(23-2)6-7-17(15)18/h6-7,13-14,18H,3-5,8-12H2,1-2H3,(H,20,22). The summed E-state index contributed by atoms with van der Waals surface area (Å²) in [4.78, 5) is 14.8. The van der Waals surface area contributed by atoms with Crippen molar-refractivity contribution in [3.05, 3.63) is 29.3 Å². The number of benzene rings is 1. The first-order chi connectivity index (χ1) is 11.2. The maximum Gasteiger partial charge on any atom is 0.220 e. The van der Waals surface area contributed by atoms with Gasteiger partial charge >= 0.3 is 0 Å². The Balaban J connectivity index is 1.59. The summed E-state index contributed by atoms with van der Waals surface area (Å²) < 4.78 is 5.31. The summed E-state index contributed by atoms with van der Waals surface area (Å²) >= 11 is 0. The van der Waals surface area contributed by atoms with E-state index in [1.807, 2.05) is 6.07 Å². The van der Waals surface area contributed by atoms with E-state index < -0.39 is 0 Å². The summed E-state index contributed by atoms with van der Waals surface area (Å²) in [7, 11) is 3.86. The molecule has 4 nitrogen and oxygen atoms in total. The quantitative estimate of drug-likeness (QED) is 0.928. The molecule has 0 bridgehead atoms. The number of fused-ring (bicyclic) bond motifs is 1. The van der Waals surface area contributed by atoms with E-state index in [1.165, 1.54) is 11.1 Å². The maximum absolute atomic E-state index is 12.4. The van der Waals surface area contributed by atoms with Crippen molar-refractivity contribution in [2.24, 2.45) is 5.92 Å². The van der Waals surface area contributed by atoms with Crippen molar-refractivity contribution in [2.45, 2.75) is 44.6 Å². The third kappa shape index (κ3) is 4.05. The molecule has 4 heteroatoms. The van der Waals surface area contributed by atoms with Crippen LogP contribution in [-0.2, 0) is 11.2 Å². The molecule has 1 atom stereocenters. The van der Waals surface area contributed by atoms with Gasteiger partial charge in [0.25, 0.3) is 0 Å². The number of amides is 1. The molecule has 1 N–H and O–H groups in total. The lowest BCUT2D eigenvalue weighted by Gasteiger charge is -2.30. The van der Waals surface area contributed by atoms with Crippen molar-refractivity contribution < 1.29 is 9.53 Å². The lowest BCUT2D eigenvalue weighted by Crippen LogP contribution is -2.35. The number of carbonyl (C=O) groups is 1. The van der Waals surface area contributed by atoms with Crippen LogP contribution in [-0.4, -0.2) is 38.1 Å². The van der Waals surface area contributed by atoms with Gasteiger partial charge in [0.05, 0.1) is 13.2 Å². The highest BCUT2D eigenvalue weighted by molar-refractivity contribution is 5.76. The Bertz CT molecular complexity index is 550. The van der Waals surface area contributed by atoms with E-state index in [0.717, 1.165) is 50.9 Å². The Kier molecular flexibility index (Phi) is 5.21. The zero-order valence-electron chi connectivity index (χ0n) is 14.3. The van der Waals surface area contributed by atoms with E-state index in [1.54, 1.807) is 7.11 Å². The Morgan fingerprint density at radius 1 is 1.30 bits per heavy atom. The van der Waals surface area contributed by atoms with Crippen molar-refractivity contribution >= 4 is 5.91 Å². The molecule has 2 aliphatic rings. The van der Waals surface area contributed by atoms with E-state index in [2.05, 4.69) is 29.4 Å². The smallest absolute Gasteiger partial charge is 0.220 e. The first-order valence-corrected chi connectivity index (χ1v) is 8.80. The second-order valence-electron chi connectivity index (χ2n) is 7.03. The molecule has 0 radical (unpaired) electrons. The number of aryl methyl sites for hydroxylation is 1. The molecule has 1 aliphatic carbocycles. The lowest BCUT2D eigenvalue weighted by molar-refractivity contribution is -0.123. The predicted octanol–water partition coefficient (Wildman–Crippen LogP) is 2.92. The van der Waals surface area contributed by atoms with Crippen LogP contribution in [0.1, 0.15) is 49.3 Å². The van der Waals surface area contributed by atoms with Crippen LogP contribution < -0.4 is 10.1 Å². The van der Waals surface area contributed by atoms with Gasteiger partial charge in [0, 0.05) is 6.42 Å². The van der Waals surface area contributed by atoms with Crippen LogP contribution in [0, 0.1) is 5.92 Å². The molecule has 1 amide bonds. The number of hydrogen-bond acceptors (Lipinski definition) is 3. The zero-order valence-corrected chi connectivity index (χ0v) is 14.3. The number of piperidine rings is 1. The third-order valence-electron chi connectivity index (χ3n) is 5.31.